The molecule has 0 spiro atoms. The summed E-state index contributed by atoms with van der Waals surface area (Å²) < 4.78 is 11.1. The number of ether oxygens (including phenoxy) is 2. The SMILES string of the molecule is CCc1ccc(Oc2c(N)cccc2Cl)c(OC)c1. The summed E-state index contributed by atoms with van der Waals surface area (Å²) in [5.41, 5.74) is 7.54. The van der Waals surface area contributed by atoms with Crippen LogP contribution in [-0.2, 0) is 6.42 Å². The number of anilines is 1. The van der Waals surface area contributed by atoms with E-state index in [-0.39, 0.29) is 0 Å². The smallest absolute Gasteiger partial charge is 0.169 e. The van der Waals surface area contributed by atoms with E-state index in [0.717, 1.165) is 6.42 Å². The quantitative estimate of drug-likeness (QED) is 0.848. The van der Waals surface area contributed by atoms with E-state index in [1.807, 2.05) is 18.2 Å². The molecular weight excluding hydrogens is 262 g/mol. The molecule has 2 rings (SSSR count). The van der Waals surface area contributed by atoms with Gasteiger partial charge in [0.25, 0.3) is 0 Å². The number of halogens is 1. The molecule has 0 aliphatic heterocycles. The Labute approximate surface area is 117 Å². The van der Waals surface area contributed by atoms with E-state index in [9.17, 15) is 0 Å². The number of nitrogens with two attached hydrogens (primary N) is 1. The van der Waals surface area contributed by atoms with Crippen molar-refractivity contribution in [2.45, 2.75) is 13.3 Å². The largest absolute Gasteiger partial charge is 0.493 e. The number of nitrogen functional groups attached to an aromatic ring is 1. The van der Waals surface area contributed by atoms with Gasteiger partial charge in [-0.3, -0.25) is 0 Å². The van der Waals surface area contributed by atoms with Gasteiger partial charge in [-0.1, -0.05) is 30.7 Å². The maximum atomic E-state index is 6.09. The molecule has 0 saturated heterocycles. The first-order chi connectivity index (χ1) is 9.15. The van der Waals surface area contributed by atoms with Crippen LogP contribution in [0.1, 0.15) is 12.5 Å². The zero-order valence-corrected chi connectivity index (χ0v) is 11.7. The van der Waals surface area contributed by atoms with Gasteiger partial charge in [0.1, 0.15) is 0 Å². The Balaban J connectivity index is 2.38. The maximum Gasteiger partial charge on any atom is 0.169 e. The number of aryl methyl sites for hydroxylation is 1. The average molecular weight is 278 g/mol. The highest BCUT2D eigenvalue weighted by atomic mass is 35.5. The highest BCUT2D eigenvalue weighted by Crippen LogP contribution is 2.38. The molecule has 100 valence electrons. The van der Waals surface area contributed by atoms with Crippen LogP contribution in [0.15, 0.2) is 36.4 Å². The Kier molecular flexibility index (Phi) is 4.17. The lowest BCUT2D eigenvalue weighted by atomic mass is 10.1. The lowest BCUT2D eigenvalue weighted by molar-refractivity contribution is 0.379. The lowest BCUT2D eigenvalue weighted by Gasteiger charge is -2.13. The maximum absolute atomic E-state index is 6.09. The minimum absolute atomic E-state index is 0.451. The van der Waals surface area contributed by atoms with E-state index in [4.69, 9.17) is 26.8 Å². The van der Waals surface area contributed by atoms with E-state index in [1.54, 1.807) is 25.3 Å². The minimum Gasteiger partial charge on any atom is -0.493 e. The van der Waals surface area contributed by atoms with Crippen LogP contribution in [0.5, 0.6) is 17.2 Å². The Hall–Kier alpha value is -1.87. The first kappa shape index (κ1) is 13.6. The highest BCUT2D eigenvalue weighted by Gasteiger charge is 2.11. The summed E-state index contributed by atoms with van der Waals surface area (Å²) in [6.07, 6.45) is 0.935. The summed E-state index contributed by atoms with van der Waals surface area (Å²) in [7, 11) is 1.61. The third-order valence-electron chi connectivity index (χ3n) is 2.85. The third kappa shape index (κ3) is 2.93. The van der Waals surface area contributed by atoms with E-state index in [0.29, 0.717) is 28.0 Å². The van der Waals surface area contributed by atoms with Crippen molar-refractivity contribution in [3.8, 4) is 17.2 Å². The Morgan fingerprint density at radius 2 is 1.95 bits per heavy atom. The molecule has 19 heavy (non-hydrogen) atoms. The van der Waals surface area contributed by atoms with Crippen LogP contribution in [0.3, 0.4) is 0 Å². The fourth-order valence-corrected chi connectivity index (χ4v) is 1.98. The van der Waals surface area contributed by atoms with Gasteiger partial charge < -0.3 is 15.2 Å². The van der Waals surface area contributed by atoms with Crippen molar-refractivity contribution in [2.24, 2.45) is 0 Å². The van der Waals surface area contributed by atoms with Crippen molar-refractivity contribution >= 4 is 17.3 Å². The van der Waals surface area contributed by atoms with Crippen molar-refractivity contribution in [1.82, 2.24) is 0 Å². The molecule has 0 aromatic heterocycles. The average Bonchev–Trinajstić information content (AvgIpc) is 2.43. The first-order valence-corrected chi connectivity index (χ1v) is 6.42. The van der Waals surface area contributed by atoms with E-state index >= 15 is 0 Å². The molecule has 2 N–H and O–H groups in total. The zero-order chi connectivity index (χ0) is 13.8. The molecule has 3 nitrogen and oxygen atoms in total. The van der Waals surface area contributed by atoms with Gasteiger partial charge in [0.15, 0.2) is 17.2 Å². The molecule has 0 bridgehead atoms. The molecule has 0 aliphatic rings. The molecule has 2 aromatic carbocycles. The van der Waals surface area contributed by atoms with Crippen LogP contribution in [0, 0.1) is 0 Å². The van der Waals surface area contributed by atoms with Crippen molar-refractivity contribution in [3.05, 3.63) is 47.0 Å². The van der Waals surface area contributed by atoms with Crippen molar-refractivity contribution in [2.75, 3.05) is 12.8 Å². The van der Waals surface area contributed by atoms with Gasteiger partial charge in [-0.25, -0.2) is 0 Å². The fourth-order valence-electron chi connectivity index (χ4n) is 1.76. The second-order valence-electron chi connectivity index (χ2n) is 4.10. The van der Waals surface area contributed by atoms with E-state index in [1.165, 1.54) is 5.56 Å². The predicted molar refractivity (Wildman–Crippen MR) is 78.3 cm³/mol. The summed E-state index contributed by atoms with van der Waals surface area (Å²) in [5.74, 6) is 1.71. The fraction of sp³-hybridized carbons (Fsp3) is 0.200. The Morgan fingerprint density at radius 3 is 2.58 bits per heavy atom. The second kappa shape index (κ2) is 5.85. The summed E-state index contributed by atoms with van der Waals surface area (Å²) >= 11 is 6.09. The highest BCUT2D eigenvalue weighted by molar-refractivity contribution is 6.32. The molecule has 0 atom stereocenters. The van der Waals surface area contributed by atoms with Crippen molar-refractivity contribution in [1.29, 1.82) is 0 Å². The van der Waals surface area contributed by atoms with Gasteiger partial charge in [-0.05, 0) is 36.2 Å². The number of para-hydroxylation sites is 1. The summed E-state index contributed by atoms with van der Waals surface area (Å²) in [6, 6.07) is 11.1. The zero-order valence-electron chi connectivity index (χ0n) is 10.9. The van der Waals surface area contributed by atoms with Crippen LogP contribution in [0.25, 0.3) is 0 Å². The van der Waals surface area contributed by atoms with Gasteiger partial charge in [-0.15, -0.1) is 0 Å². The monoisotopic (exact) mass is 277 g/mol. The van der Waals surface area contributed by atoms with Gasteiger partial charge in [0.2, 0.25) is 0 Å². The van der Waals surface area contributed by atoms with Crippen LogP contribution in [0.4, 0.5) is 5.69 Å². The van der Waals surface area contributed by atoms with Crippen molar-refractivity contribution < 1.29 is 9.47 Å². The minimum atomic E-state index is 0.451. The number of methoxy groups -OCH3 is 1. The predicted octanol–water partition coefficient (Wildman–Crippen LogP) is 4.29. The summed E-state index contributed by atoms with van der Waals surface area (Å²) in [5, 5.41) is 0.474. The van der Waals surface area contributed by atoms with E-state index in [2.05, 4.69) is 6.92 Å². The lowest BCUT2D eigenvalue weighted by Crippen LogP contribution is -1.95. The molecule has 0 saturated carbocycles. The molecule has 0 amide bonds. The van der Waals surface area contributed by atoms with Gasteiger partial charge in [0.05, 0.1) is 17.8 Å². The van der Waals surface area contributed by atoms with Crippen LogP contribution < -0.4 is 15.2 Å². The first-order valence-electron chi connectivity index (χ1n) is 6.04. The molecule has 0 unspecified atom stereocenters. The Bertz CT molecular complexity index is 564. The second-order valence-corrected chi connectivity index (χ2v) is 4.51. The molecule has 0 radical (unpaired) electrons. The molecule has 4 heteroatoms. The summed E-state index contributed by atoms with van der Waals surface area (Å²) in [4.78, 5) is 0. The normalized spacial score (nSPS) is 10.3. The molecular formula is C15H16ClNO2. The standard InChI is InChI=1S/C15H16ClNO2/c1-3-10-7-8-13(14(9-10)18-2)19-15-11(16)5-4-6-12(15)17/h4-9H,3,17H2,1-2H3. The van der Waals surface area contributed by atoms with Gasteiger partial charge in [-0.2, -0.15) is 0 Å². The van der Waals surface area contributed by atoms with Gasteiger partial charge >= 0.3 is 0 Å². The van der Waals surface area contributed by atoms with Crippen LogP contribution >= 0.6 is 11.6 Å². The number of hydrogen-bond donors (Lipinski definition) is 1. The number of rotatable bonds is 4. The topological polar surface area (TPSA) is 44.5 Å². The Morgan fingerprint density at radius 1 is 1.16 bits per heavy atom. The summed E-state index contributed by atoms with van der Waals surface area (Å²) in [6.45, 7) is 2.08. The third-order valence-corrected chi connectivity index (χ3v) is 3.14. The van der Waals surface area contributed by atoms with Crippen LogP contribution in [-0.4, -0.2) is 7.11 Å². The molecule has 0 heterocycles. The van der Waals surface area contributed by atoms with Gasteiger partial charge in [0, 0.05) is 0 Å². The number of benzene rings is 2. The van der Waals surface area contributed by atoms with Crippen LogP contribution in [0.2, 0.25) is 5.02 Å². The molecule has 0 fully saturated rings. The molecule has 0 aliphatic carbocycles. The van der Waals surface area contributed by atoms with Crippen molar-refractivity contribution in [3.63, 3.8) is 0 Å². The van der Waals surface area contributed by atoms with E-state index < -0.39 is 0 Å². The molecule has 2 aromatic rings. The number of hydrogen-bond acceptors (Lipinski definition) is 3.